The second-order valence-electron chi connectivity index (χ2n) is 4.85. The molecule has 0 unspecified atom stereocenters. The Balaban J connectivity index is 1.99. The molecule has 0 radical (unpaired) electrons. The van der Waals surface area contributed by atoms with Crippen LogP contribution in [0.5, 0.6) is 0 Å². The van der Waals surface area contributed by atoms with Crippen LogP contribution in [0, 0.1) is 0 Å². The van der Waals surface area contributed by atoms with E-state index in [1.165, 1.54) is 24.5 Å². The fraction of sp³-hybridized carbons (Fsp3) is 0.267. The van der Waals surface area contributed by atoms with Gasteiger partial charge in [0, 0.05) is 24.5 Å². The number of sulfonamides is 1. The molecule has 7 nitrogen and oxygen atoms in total. The van der Waals surface area contributed by atoms with Crippen LogP contribution >= 0.6 is 11.8 Å². The third kappa shape index (κ3) is 5.50. The van der Waals surface area contributed by atoms with Crippen molar-refractivity contribution in [2.24, 2.45) is 0 Å². The number of thioether (sulfide) groups is 1. The zero-order valence-corrected chi connectivity index (χ0v) is 14.7. The molecule has 0 spiro atoms. The molecular formula is C15H18N4O3S2. The second-order valence-corrected chi connectivity index (χ2v) is 7.51. The number of carbonyl (C=O) groups is 1. The predicted molar refractivity (Wildman–Crippen MR) is 95.5 cm³/mol. The van der Waals surface area contributed by atoms with Crippen molar-refractivity contribution in [1.82, 2.24) is 9.97 Å². The van der Waals surface area contributed by atoms with E-state index in [1.54, 1.807) is 30.0 Å². The van der Waals surface area contributed by atoms with Crippen molar-refractivity contribution in [3.63, 3.8) is 0 Å². The van der Waals surface area contributed by atoms with Crippen molar-refractivity contribution in [1.29, 1.82) is 0 Å². The molecule has 2 N–H and O–H groups in total. The van der Waals surface area contributed by atoms with Crippen molar-refractivity contribution in [2.75, 3.05) is 22.0 Å². The summed E-state index contributed by atoms with van der Waals surface area (Å²) < 4.78 is 26.7. The minimum atomic E-state index is -3.77. The lowest BCUT2D eigenvalue weighted by Crippen LogP contribution is -2.15. The molecule has 24 heavy (non-hydrogen) atoms. The number of carbonyl (C=O) groups excluding carboxylic acids is 1. The molecule has 0 saturated carbocycles. The Kier molecular flexibility index (Phi) is 6.56. The van der Waals surface area contributed by atoms with E-state index in [1.807, 2.05) is 6.26 Å². The van der Waals surface area contributed by atoms with Crippen molar-refractivity contribution in [2.45, 2.75) is 17.7 Å². The summed E-state index contributed by atoms with van der Waals surface area (Å²) in [5.74, 6) is 0.844. The number of amides is 1. The Morgan fingerprint density at radius 3 is 2.46 bits per heavy atom. The molecule has 9 heteroatoms. The fourth-order valence-electron chi connectivity index (χ4n) is 1.85. The predicted octanol–water partition coefficient (Wildman–Crippen LogP) is 2.36. The summed E-state index contributed by atoms with van der Waals surface area (Å²) in [4.78, 5) is 19.5. The van der Waals surface area contributed by atoms with Crippen LogP contribution in [0.25, 0.3) is 0 Å². The number of aromatic nitrogens is 2. The minimum absolute atomic E-state index is 0.00340. The number of nitrogens with zero attached hydrogens (tertiary/aromatic N) is 2. The zero-order chi connectivity index (χ0) is 17.4. The molecule has 0 aliphatic heterocycles. The highest BCUT2D eigenvalue weighted by Crippen LogP contribution is 2.16. The van der Waals surface area contributed by atoms with Crippen molar-refractivity contribution < 1.29 is 13.2 Å². The van der Waals surface area contributed by atoms with E-state index in [0.717, 1.165) is 12.2 Å². The van der Waals surface area contributed by atoms with Gasteiger partial charge in [-0.15, -0.1) is 0 Å². The molecule has 1 heterocycles. The summed E-state index contributed by atoms with van der Waals surface area (Å²) in [6.07, 6.45) is 6.13. The van der Waals surface area contributed by atoms with Gasteiger partial charge in [-0.05, 0) is 48.8 Å². The van der Waals surface area contributed by atoms with Gasteiger partial charge >= 0.3 is 0 Å². The van der Waals surface area contributed by atoms with Gasteiger partial charge in [0.2, 0.25) is 11.9 Å². The van der Waals surface area contributed by atoms with Gasteiger partial charge < -0.3 is 5.32 Å². The first kappa shape index (κ1) is 18.2. The van der Waals surface area contributed by atoms with E-state index in [2.05, 4.69) is 20.0 Å². The number of rotatable bonds is 8. The fourth-order valence-corrected chi connectivity index (χ4v) is 3.24. The van der Waals surface area contributed by atoms with E-state index in [9.17, 15) is 13.2 Å². The van der Waals surface area contributed by atoms with Gasteiger partial charge in [0.1, 0.15) is 0 Å². The summed E-state index contributed by atoms with van der Waals surface area (Å²) in [6, 6.07) is 7.53. The Bertz CT molecular complexity index is 765. The number of nitrogens with one attached hydrogen (secondary N) is 2. The Morgan fingerprint density at radius 1 is 1.17 bits per heavy atom. The molecular weight excluding hydrogens is 348 g/mol. The molecule has 1 aromatic heterocycles. The third-order valence-electron chi connectivity index (χ3n) is 2.99. The molecule has 0 fully saturated rings. The highest BCUT2D eigenvalue weighted by molar-refractivity contribution is 7.98. The number of anilines is 2. The van der Waals surface area contributed by atoms with Gasteiger partial charge in [-0.2, -0.15) is 11.8 Å². The molecule has 2 aromatic rings. The lowest BCUT2D eigenvalue weighted by molar-refractivity contribution is -0.116. The van der Waals surface area contributed by atoms with Gasteiger partial charge in [0.15, 0.2) is 0 Å². The van der Waals surface area contributed by atoms with E-state index in [0.29, 0.717) is 12.1 Å². The SMILES string of the molecule is CSCCCC(=O)Nc1ccc(S(=O)(=O)Nc2ncccn2)cc1. The standard InChI is InChI=1S/C15H18N4O3S2/c1-23-11-2-4-14(20)18-12-5-7-13(8-6-12)24(21,22)19-15-16-9-3-10-17-15/h3,5-10H,2,4,11H2,1H3,(H,18,20)(H,16,17,19). The van der Waals surface area contributed by atoms with Crippen LogP contribution < -0.4 is 10.0 Å². The summed E-state index contributed by atoms with van der Waals surface area (Å²) in [5, 5.41) is 2.74. The molecule has 2 rings (SSSR count). The van der Waals surface area contributed by atoms with Gasteiger partial charge in [-0.1, -0.05) is 0 Å². The van der Waals surface area contributed by atoms with Gasteiger partial charge in [-0.25, -0.2) is 23.1 Å². The lowest BCUT2D eigenvalue weighted by Gasteiger charge is -2.08. The van der Waals surface area contributed by atoms with E-state index >= 15 is 0 Å². The number of benzene rings is 1. The van der Waals surface area contributed by atoms with Gasteiger partial charge in [0.25, 0.3) is 10.0 Å². The molecule has 1 amide bonds. The molecule has 0 aliphatic rings. The Hall–Kier alpha value is -2.13. The number of hydrogen-bond donors (Lipinski definition) is 2. The summed E-state index contributed by atoms with van der Waals surface area (Å²) >= 11 is 1.69. The molecule has 128 valence electrons. The highest BCUT2D eigenvalue weighted by atomic mass is 32.2. The second kappa shape index (κ2) is 8.65. The monoisotopic (exact) mass is 366 g/mol. The topological polar surface area (TPSA) is 101 Å². The number of hydrogen-bond acceptors (Lipinski definition) is 6. The van der Waals surface area contributed by atoms with Crippen LogP contribution in [-0.2, 0) is 14.8 Å². The highest BCUT2D eigenvalue weighted by Gasteiger charge is 2.15. The molecule has 1 aromatic carbocycles. The van der Waals surface area contributed by atoms with Crippen molar-refractivity contribution in [3.8, 4) is 0 Å². The maximum Gasteiger partial charge on any atom is 0.264 e. The van der Waals surface area contributed by atoms with Gasteiger partial charge in [-0.3, -0.25) is 4.79 Å². The average molecular weight is 366 g/mol. The molecule has 0 atom stereocenters. The van der Waals surface area contributed by atoms with E-state index < -0.39 is 10.0 Å². The Labute approximate surface area is 145 Å². The average Bonchev–Trinajstić information content (AvgIpc) is 2.56. The molecule has 0 saturated heterocycles. The van der Waals surface area contributed by atoms with E-state index in [4.69, 9.17) is 0 Å². The molecule has 0 aliphatic carbocycles. The van der Waals surface area contributed by atoms with Crippen molar-refractivity contribution >= 4 is 39.3 Å². The maximum atomic E-state index is 12.2. The maximum absolute atomic E-state index is 12.2. The minimum Gasteiger partial charge on any atom is -0.326 e. The normalized spacial score (nSPS) is 11.0. The summed E-state index contributed by atoms with van der Waals surface area (Å²) in [7, 11) is -3.77. The van der Waals surface area contributed by atoms with Crippen LogP contribution in [-0.4, -0.2) is 36.3 Å². The van der Waals surface area contributed by atoms with Crippen LogP contribution in [0.4, 0.5) is 11.6 Å². The first-order valence-electron chi connectivity index (χ1n) is 7.20. The summed E-state index contributed by atoms with van der Waals surface area (Å²) in [5.41, 5.74) is 0.555. The van der Waals surface area contributed by atoms with Crippen LogP contribution in [0.3, 0.4) is 0 Å². The summed E-state index contributed by atoms with van der Waals surface area (Å²) in [6.45, 7) is 0. The lowest BCUT2D eigenvalue weighted by atomic mass is 10.3. The van der Waals surface area contributed by atoms with Crippen LogP contribution in [0.1, 0.15) is 12.8 Å². The first-order valence-corrected chi connectivity index (χ1v) is 10.1. The zero-order valence-electron chi connectivity index (χ0n) is 13.1. The van der Waals surface area contributed by atoms with Crippen LogP contribution in [0.2, 0.25) is 0 Å². The van der Waals surface area contributed by atoms with Crippen LogP contribution in [0.15, 0.2) is 47.6 Å². The third-order valence-corrected chi connectivity index (χ3v) is 5.03. The first-order chi connectivity index (χ1) is 11.5. The smallest absolute Gasteiger partial charge is 0.264 e. The van der Waals surface area contributed by atoms with Gasteiger partial charge in [0.05, 0.1) is 4.90 Å². The molecule has 0 bridgehead atoms. The Morgan fingerprint density at radius 2 is 1.83 bits per heavy atom. The van der Waals surface area contributed by atoms with E-state index in [-0.39, 0.29) is 16.8 Å². The largest absolute Gasteiger partial charge is 0.326 e. The van der Waals surface area contributed by atoms with Crippen molar-refractivity contribution in [3.05, 3.63) is 42.7 Å². The quantitative estimate of drug-likeness (QED) is 0.696.